The zero-order chi connectivity index (χ0) is 24.2. The Morgan fingerprint density at radius 2 is 1.94 bits per heavy atom. The van der Waals surface area contributed by atoms with E-state index in [9.17, 15) is 18.4 Å². The van der Waals surface area contributed by atoms with Gasteiger partial charge >= 0.3 is 0 Å². The number of carbonyl (C=O) groups is 2. The van der Waals surface area contributed by atoms with Gasteiger partial charge in [0.05, 0.1) is 11.5 Å². The van der Waals surface area contributed by atoms with Gasteiger partial charge in [-0.1, -0.05) is 24.4 Å². The number of amides is 2. The van der Waals surface area contributed by atoms with Crippen LogP contribution in [0.3, 0.4) is 0 Å². The predicted octanol–water partition coefficient (Wildman–Crippen LogP) is 3.85. The van der Waals surface area contributed by atoms with E-state index in [1.807, 2.05) is 6.92 Å². The van der Waals surface area contributed by atoms with E-state index in [0.717, 1.165) is 31.5 Å². The summed E-state index contributed by atoms with van der Waals surface area (Å²) in [5.41, 5.74) is 0.00912. The molecule has 0 bridgehead atoms. The van der Waals surface area contributed by atoms with Gasteiger partial charge in [-0.05, 0) is 38.3 Å². The van der Waals surface area contributed by atoms with Crippen LogP contribution in [0.25, 0.3) is 11.3 Å². The highest BCUT2D eigenvalue weighted by Gasteiger charge is 2.39. The molecule has 184 valence electrons. The Labute approximate surface area is 198 Å². The minimum Gasteiger partial charge on any atom is -0.355 e. The Kier molecular flexibility index (Phi) is 7.60. The van der Waals surface area contributed by atoms with E-state index < -0.39 is 17.5 Å². The maximum absolute atomic E-state index is 14.1. The van der Waals surface area contributed by atoms with Crippen LogP contribution in [0, 0.1) is 17.6 Å². The molecule has 0 unspecified atom stereocenters. The second-order valence-electron chi connectivity index (χ2n) is 9.31. The van der Waals surface area contributed by atoms with Crippen LogP contribution in [-0.4, -0.2) is 65.5 Å². The van der Waals surface area contributed by atoms with Crippen LogP contribution in [0.2, 0.25) is 0 Å². The Balaban J connectivity index is 1.48. The SMILES string of the molecule is CCN(C)C(=O)[C@@H]1CN(C2CCCCC2)CC[C@H]1NC(=O)c1cc(-c2ccc(F)cc2F)on1. The number of halogens is 2. The van der Waals surface area contributed by atoms with Crippen molar-refractivity contribution in [2.24, 2.45) is 5.92 Å². The number of nitrogens with zero attached hydrogens (tertiary/aromatic N) is 3. The molecule has 2 amide bonds. The van der Waals surface area contributed by atoms with Gasteiger partial charge in [0.1, 0.15) is 11.6 Å². The molecule has 1 N–H and O–H groups in total. The summed E-state index contributed by atoms with van der Waals surface area (Å²) in [4.78, 5) is 30.3. The monoisotopic (exact) mass is 474 g/mol. The highest BCUT2D eigenvalue weighted by Crippen LogP contribution is 2.29. The van der Waals surface area contributed by atoms with Crippen LogP contribution < -0.4 is 5.32 Å². The summed E-state index contributed by atoms with van der Waals surface area (Å²) in [6, 6.07) is 4.59. The molecule has 4 rings (SSSR count). The van der Waals surface area contributed by atoms with Gasteiger partial charge in [-0.25, -0.2) is 8.78 Å². The molecular weight excluding hydrogens is 442 g/mol. The van der Waals surface area contributed by atoms with Crippen LogP contribution >= 0.6 is 0 Å². The summed E-state index contributed by atoms with van der Waals surface area (Å²) in [5, 5.41) is 6.75. The number of piperidine rings is 1. The minimum atomic E-state index is -0.800. The normalized spacial score (nSPS) is 21.9. The van der Waals surface area contributed by atoms with Crippen molar-refractivity contribution >= 4 is 11.8 Å². The van der Waals surface area contributed by atoms with Crippen molar-refractivity contribution in [3.8, 4) is 11.3 Å². The number of hydrogen-bond acceptors (Lipinski definition) is 5. The van der Waals surface area contributed by atoms with Crippen molar-refractivity contribution in [3.63, 3.8) is 0 Å². The molecule has 0 radical (unpaired) electrons. The number of nitrogens with one attached hydrogen (secondary N) is 1. The summed E-state index contributed by atoms with van der Waals surface area (Å²) < 4.78 is 32.4. The third-order valence-corrected chi connectivity index (χ3v) is 7.16. The number of carbonyl (C=O) groups excluding carboxylic acids is 2. The molecule has 1 aliphatic heterocycles. The van der Waals surface area contributed by atoms with E-state index in [1.165, 1.54) is 31.4 Å². The van der Waals surface area contributed by atoms with Crippen molar-refractivity contribution in [2.75, 3.05) is 26.7 Å². The van der Waals surface area contributed by atoms with E-state index in [0.29, 0.717) is 25.6 Å². The zero-order valence-corrected chi connectivity index (χ0v) is 19.7. The first-order valence-corrected chi connectivity index (χ1v) is 12.1. The average Bonchev–Trinajstić information content (AvgIpc) is 3.34. The first-order chi connectivity index (χ1) is 16.4. The molecule has 34 heavy (non-hydrogen) atoms. The maximum atomic E-state index is 14.1. The van der Waals surface area contributed by atoms with Crippen LogP contribution in [0.15, 0.2) is 28.8 Å². The summed E-state index contributed by atoms with van der Waals surface area (Å²) >= 11 is 0. The molecule has 9 heteroatoms. The molecule has 1 saturated heterocycles. The molecular formula is C25H32F2N4O3. The molecule has 0 spiro atoms. The second kappa shape index (κ2) is 10.6. The first-order valence-electron chi connectivity index (χ1n) is 12.1. The standard InChI is InChI=1S/C25H32F2N4O3/c1-3-30(2)25(33)19-15-31(17-7-5-4-6-8-17)12-11-21(19)28-24(32)22-14-23(34-29-22)18-10-9-16(26)13-20(18)27/h9-10,13-14,17,19,21H,3-8,11-12,15H2,1-2H3,(H,28,32)/t19-,21-/m1/s1. The molecule has 1 saturated carbocycles. The summed E-state index contributed by atoms with van der Waals surface area (Å²) in [5.74, 6) is -2.29. The Bertz CT molecular complexity index is 1020. The molecule has 2 fully saturated rings. The topological polar surface area (TPSA) is 78.7 Å². The minimum absolute atomic E-state index is 0.0107. The third kappa shape index (κ3) is 5.29. The molecule has 1 aromatic heterocycles. The predicted molar refractivity (Wildman–Crippen MR) is 123 cm³/mol. The largest absolute Gasteiger partial charge is 0.355 e. The van der Waals surface area contributed by atoms with Crippen molar-refractivity contribution in [2.45, 2.75) is 57.5 Å². The van der Waals surface area contributed by atoms with Crippen molar-refractivity contribution in [3.05, 3.63) is 41.6 Å². The first kappa shape index (κ1) is 24.3. The fraction of sp³-hybridized carbons (Fsp3) is 0.560. The highest BCUT2D eigenvalue weighted by molar-refractivity contribution is 5.94. The lowest BCUT2D eigenvalue weighted by molar-refractivity contribution is -0.137. The Morgan fingerprint density at radius 1 is 1.18 bits per heavy atom. The molecule has 2 atom stereocenters. The zero-order valence-electron chi connectivity index (χ0n) is 19.7. The van der Waals surface area contributed by atoms with Crippen LogP contribution in [-0.2, 0) is 4.79 Å². The second-order valence-corrected chi connectivity index (χ2v) is 9.31. The molecule has 1 aliphatic carbocycles. The lowest BCUT2D eigenvalue weighted by atomic mass is 9.86. The fourth-order valence-corrected chi connectivity index (χ4v) is 5.06. The third-order valence-electron chi connectivity index (χ3n) is 7.16. The van der Waals surface area contributed by atoms with Crippen LogP contribution in [0.5, 0.6) is 0 Å². The molecule has 7 nitrogen and oxygen atoms in total. The summed E-state index contributed by atoms with van der Waals surface area (Å²) in [6.07, 6.45) is 6.68. The Morgan fingerprint density at radius 3 is 2.65 bits per heavy atom. The van der Waals surface area contributed by atoms with Gasteiger partial charge in [0.2, 0.25) is 5.91 Å². The van der Waals surface area contributed by atoms with Crippen LogP contribution in [0.1, 0.15) is 55.9 Å². The highest BCUT2D eigenvalue weighted by atomic mass is 19.1. The smallest absolute Gasteiger partial charge is 0.273 e. The van der Waals surface area contributed by atoms with E-state index in [1.54, 1.807) is 11.9 Å². The fourth-order valence-electron chi connectivity index (χ4n) is 5.06. The quantitative estimate of drug-likeness (QED) is 0.688. The van der Waals surface area contributed by atoms with E-state index in [2.05, 4.69) is 15.4 Å². The van der Waals surface area contributed by atoms with Gasteiger partial charge in [-0.3, -0.25) is 14.5 Å². The van der Waals surface area contributed by atoms with E-state index in [-0.39, 0.29) is 34.9 Å². The van der Waals surface area contributed by atoms with Gasteiger partial charge in [0, 0.05) is 50.9 Å². The van der Waals surface area contributed by atoms with Crippen molar-refractivity contribution < 1.29 is 22.9 Å². The molecule has 2 aliphatic rings. The van der Waals surface area contributed by atoms with Gasteiger partial charge < -0.3 is 14.7 Å². The number of aromatic nitrogens is 1. The molecule has 2 aromatic rings. The van der Waals surface area contributed by atoms with Gasteiger partial charge in [-0.15, -0.1) is 0 Å². The van der Waals surface area contributed by atoms with Gasteiger partial charge in [-0.2, -0.15) is 0 Å². The lowest BCUT2D eigenvalue weighted by Gasteiger charge is -2.43. The van der Waals surface area contributed by atoms with Crippen molar-refractivity contribution in [1.29, 1.82) is 0 Å². The van der Waals surface area contributed by atoms with E-state index in [4.69, 9.17) is 4.52 Å². The van der Waals surface area contributed by atoms with E-state index >= 15 is 0 Å². The lowest BCUT2D eigenvalue weighted by Crippen LogP contribution is -2.58. The number of likely N-dealkylation sites (tertiary alicyclic amines) is 1. The van der Waals surface area contributed by atoms with Crippen molar-refractivity contribution in [1.82, 2.24) is 20.3 Å². The number of rotatable bonds is 6. The van der Waals surface area contributed by atoms with Gasteiger partial charge in [0.15, 0.2) is 11.5 Å². The summed E-state index contributed by atoms with van der Waals surface area (Å²) in [7, 11) is 1.78. The average molecular weight is 475 g/mol. The molecule has 1 aromatic carbocycles. The maximum Gasteiger partial charge on any atom is 0.273 e. The summed E-state index contributed by atoms with van der Waals surface area (Å²) in [6.45, 7) is 3.96. The number of hydrogen-bond donors (Lipinski definition) is 1. The van der Waals surface area contributed by atoms with Gasteiger partial charge in [0.25, 0.3) is 5.91 Å². The Hall–Kier alpha value is -2.81. The molecule has 2 heterocycles. The van der Waals surface area contributed by atoms with Crippen LogP contribution in [0.4, 0.5) is 8.78 Å². The number of benzene rings is 1.